The zero-order valence-electron chi connectivity index (χ0n) is 22.9. The summed E-state index contributed by atoms with van der Waals surface area (Å²) in [5, 5.41) is 20.3. The molecule has 0 radical (unpaired) electrons. The summed E-state index contributed by atoms with van der Waals surface area (Å²) < 4.78 is 23.9. The second-order valence-electron chi connectivity index (χ2n) is 8.77. The van der Waals surface area contributed by atoms with Gasteiger partial charge in [-0.2, -0.15) is 0 Å². The number of halogens is 1. The van der Waals surface area contributed by atoms with Gasteiger partial charge in [0.1, 0.15) is 5.82 Å². The van der Waals surface area contributed by atoms with Crippen LogP contribution in [0.2, 0.25) is 0 Å². The molecule has 0 fully saturated rings. The number of aryl methyl sites for hydroxylation is 1. The van der Waals surface area contributed by atoms with E-state index in [-0.39, 0.29) is 36.9 Å². The SMILES string of the molecule is C#CCC.COCC(CO)CO.COc1cccc(-c2cc(F)ccc2C2Cc3nc(N)nc(C)c3CN2)n1. The minimum Gasteiger partial charge on any atom is -0.481 e. The van der Waals surface area contributed by atoms with Crippen molar-refractivity contribution < 1.29 is 24.1 Å². The molecule has 3 heterocycles. The molecule has 1 aromatic carbocycles. The van der Waals surface area contributed by atoms with Gasteiger partial charge in [-0.05, 0) is 30.7 Å². The fraction of sp³-hybridized carbons (Fsp3) is 0.414. The van der Waals surface area contributed by atoms with Gasteiger partial charge in [-0.1, -0.05) is 19.1 Å². The normalized spacial score (nSPS) is 13.8. The fourth-order valence-electron chi connectivity index (χ4n) is 3.92. The van der Waals surface area contributed by atoms with E-state index in [0.717, 1.165) is 34.5 Å². The van der Waals surface area contributed by atoms with Crippen molar-refractivity contribution in [2.75, 3.05) is 39.8 Å². The third kappa shape index (κ3) is 9.26. The van der Waals surface area contributed by atoms with Crippen molar-refractivity contribution in [2.24, 2.45) is 5.92 Å². The molecule has 0 amide bonds. The van der Waals surface area contributed by atoms with Crippen LogP contribution >= 0.6 is 0 Å². The number of nitrogens with two attached hydrogens (primary N) is 1. The maximum atomic E-state index is 14.0. The number of anilines is 1. The molecule has 1 aliphatic heterocycles. The summed E-state index contributed by atoms with van der Waals surface area (Å²) in [6, 6.07) is 10.2. The van der Waals surface area contributed by atoms with Gasteiger partial charge < -0.3 is 30.7 Å². The Hall–Kier alpha value is -3.62. The average Bonchev–Trinajstić information content (AvgIpc) is 2.96. The molecule has 0 saturated carbocycles. The number of pyridine rings is 1. The van der Waals surface area contributed by atoms with Crippen LogP contribution in [0, 0.1) is 31.0 Å². The number of aromatic nitrogens is 3. The summed E-state index contributed by atoms with van der Waals surface area (Å²) in [5.74, 6) is 2.78. The minimum absolute atomic E-state index is 0.00958. The van der Waals surface area contributed by atoms with Gasteiger partial charge in [0, 0.05) is 61.3 Å². The van der Waals surface area contributed by atoms with Gasteiger partial charge in [0.15, 0.2) is 0 Å². The lowest BCUT2D eigenvalue weighted by molar-refractivity contribution is 0.0710. The summed E-state index contributed by atoms with van der Waals surface area (Å²) in [7, 11) is 3.10. The zero-order chi connectivity index (χ0) is 28.8. The maximum Gasteiger partial charge on any atom is 0.220 e. The van der Waals surface area contributed by atoms with Crippen molar-refractivity contribution in [1.82, 2.24) is 20.3 Å². The predicted molar refractivity (Wildman–Crippen MR) is 149 cm³/mol. The third-order valence-electron chi connectivity index (χ3n) is 5.96. The number of terminal acetylenes is 1. The predicted octanol–water partition coefficient (Wildman–Crippen LogP) is 3.23. The number of nitrogen functional groups attached to an aromatic ring is 1. The summed E-state index contributed by atoms with van der Waals surface area (Å²) in [5.41, 5.74) is 11.1. The van der Waals surface area contributed by atoms with Gasteiger partial charge in [-0.3, -0.25) is 0 Å². The van der Waals surface area contributed by atoms with E-state index < -0.39 is 0 Å². The molecule has 210 valence electrons. The lowest BCUT2D eigenvalue weighted by Gasteiger charge is -2.28. The first-order chi connectivity index (χ1) is 18.8. The Kier molecular flexibility index (Phi) is 13.3. The van der Waals surface area contributed by atoms with Crippen LogP contribution in [0.4, 0.5) is 10.3 Å². The minimum atomic E-state index is -0.308. The van der Waals surface area contributed by atoms with Crippen LogP contribution in [0.3, 0.4) is 0 Å². The van der Waals surface area contributed by atoms with Crippen LogP contribution in [-0.2, 0) is 17.7 Å². The molecule has 4 rings (SSSR count). The lowest BCUT2D eigenvalue weighted by atomic mass is 9.90. The highest BCUT2D eigenvalue weighted by Gasteiger charge is 2.25. The van der Waals surface area contributed by atoms with Crippen LogP contribution < -0.4 is 15.8 Å². The average molecular weight is 540 g/mol. The van der Waals surface area contributed by atoms with E-state index in [1.165, 1.54) is 12.1 Å². The first-order valence-corrected chi connectivity index (χ1v) is 12.6. The number of methoxy groups -OCH3 is 2. The number of ether oxygens (including phenoxy) is 2. The van der Waals surface area contributed by atoms with Gasteiger partial charge in [0.05, 0.1) is 38.3 Å². The highest BCUT2D eigenvalue weighted by atomic mass is 19.1. The number of nitrogens with zero attached hydrogens (tertiary/aromatic N) is 3. The molecule has 1 unspecified atom stereocenters. The van der Waals surface area contributed by atoms with Gasteiger partial charge >= 0.3 is 0 Å². The Labute approximate surface area is 229 Å². The second-order valence-corrected chi connectivity index (χ2v) is 8.77. The number of aliphatic hydroxyl groups excluding tert-OH is 2. The molecule has 1 atom stereocenters. The second kappa shape index (κ2) is 16.4. The smallest absolute Gasteiger partial charge is 0.220 e. The Bertz CT molecular complexity index is 1230. The van der Waals surface area contributed by atoms with Crippen molar-refractivity contribution in [3.8, 4) is 29.5 Å². The lowest BCUT2D eigenvalue weighted by Crippen LogP contribution is -2.31. The molecule has 5 N–H and O–H groups in total. The first kappa shape index (κ1) is 31.6. The van der Waals surface area contributed by atoms with Crippen LogP contribution in [-0.4, -0.2) is 59.2 Å². The van der Waals surface area contributed by atoms with E-state index in [2.05, 4.69) is 30.9 Å². The van der Waals surface area contributed by atoms with Gasteiger partial charge in [0.2, 0.25) is 11.8 Å². The van der Waals surface area contributed by atoms with Crippen molar-refractivity contribution in [1.29, 1.82) is 0 Å². The van der Waals surface area contributed by atoms with E-state index in [1.807, 2.05) is 26.0 Å². The Balaban J connectivity index is 0.000000375. The first-order valence-electron chi connectivity index (χ1n) is 12.6. The topological polar surface area (TPSA) is 136 Å². The molecular formula is C29H38FN5O4. The molecule has 1 aliphatic rings. The highest BCUT2D eigenvalue weighted by molar-refractivity contribution is 5.65. The molecule has 10 heteroatoms. The Morgan fingerprint density at radius 1 is 1.18 bits per heavy atom. The highest BCUT2D eigenvalue weighted by Crippen LogP contribution is 2.33. The van der Waals surface area contributed by atoms with E-state index in [4.69, 9.17) is 27.1 Å². The van der Waals surface area contributed by atoms with Gasteiger partial charge in [-0.25, -0.2) is 19.3 Å². The molecule has 39 heavy (non-hydrogen) atoms. The maximum absolute atomic E-state index is 14.0. The standard InChI is InChI=1S/C20H20FN5O.C5H12O3.C4H6/c1-11-15-10-23-17(9-18(15)26-20(22)24-11)13-7-6-12(21)8-14(13)16-4-3-5-19(25-16)27-2;1-8-4-5(2-6)3-7;1-3-4-2/h3-8,17,23H,9-10H2,1-2H3,(H2,22,24,26);5-7H,2-4H2,1H3;1H,4H2,2H3. The molecule has 0 aliphatic carbocycles. The summed E-state index contributed by atoms with van der Waals surface area (Å²) in [6.07, 6.45) is 6.27. The number of aliphatic hydroxyl groups is 2. The Morgan fingerprint density at radius 2 is 1.90 bits per heavy atom. The number of hydrogen-bond acceptors (Lipinski definition) is 9. The monoisotopic (exact) mass is 539 g/mol. The molecule has 3 aromatic rings. The number of hydrogen-bond donors (Lipinski definition) is 4. The van der Waals surface area contributed by atoms with Crippen LogP contribution in [0.25, 0.3) is 11.3 Å². The van der Waals surface area contributed by atoms with Crippen molar-refractivity contribution >= 4 is 5.95 Å². The van der Waals surface area contributed by atoms with Gasteiger partial charge in [-0.15, -0.1) is 12.3 Å². The van der Waals surface area contributed by atoms with E-state index >= 15 is 0 Å². The largest absolute Gasteiger partial charge is 0.481 e. The molecule has 9 nitrogen and oxygen atoms in total. The number of nitrogens with one attached hydrogen (secondary N) is 1. The van der Waals surface area contributed by atoms with Crippen LogP contribution in [0.1, 0.15) is 41.9 Å². The van der Waals surface area contributed by atoms with E-state index in [1.54, 1.807) is 26.4 Å². The summed E-state index contributed by atoms with van der Waals surface area (Å²) in [6.45, 7) is 4.92. The van der Waals surface area contributed by atoms with Crippen molar-refractivity contribution in [2.45, 2.75) is 39.3 Å². The fourth-order valence-corrected chi connectivity index (χ4v) is 3.92. The van der Waals surface area contributed by atoms with Crippen molar-refractivity contribution in [3.63, 3.8) is 0 Å². The van der Waals surface area contributed by atoms with Crippen LogP contribution in [0.15, 0.2) is 36.4 Å². The molecule has 2 aromatic heterocycles. The molecule has 0 bridgehead atoms. The van der Waals surface area contributed by atoms with E-state index in [0.29, 0.717) is 31.1 Å². The number of fused-ring (bicyclic) bond motifs is 1. The quantitative estimate of drug-likeness (QED) is 0.334. The van der Waals surface area contributed by atoms with Gasteiger partial charge in [0.25, 0.3) is 0 Å². The summed E-state index contributed by atoms with van der Waals surface area (Å²) in [4.78, 5) is 13.1. The molecule has 0 saturated heterocycles. The molecular weight excluding hydrogens is 501 g/mol. The van der Waals surface area contributed by atoms with Crippen molar-refractivity contribution in [3.05, 3.63) is 64.7 Å². The van der Waals surface area contributed by atoms with E-state index in [9.17, 15) is 4.39 Å². The summed E-state index contributed by atoms with van der Waals surface area (Å²) >= 11 is 0. The molecule has 0 spiro atoms. The Morgan fingerprint density at radius 3 is 2.49 bits per heavy atom. The number of rotatable bonds is 7. The third-order valence-corrected chi connectivity index (χ3v) is 5.96. The number of benzene rings is 1. The zero-order valence-corrected chi connectivity index (χ0v) is 22.9. The van der Waals surface area contributed by atoms with Crippen LogP contribution in [0.5, 0.6) is 5.88 Å².